The molecular formula is C11H15N3O4. The van der Waals surface area contributed by atoms with Crippen LogP contribution in [0.2, 0.25) is 0 Å². The summed E-state index contributed by atoms with van der Waals surface area (Å²) in [5.41, 5.74) is 0.0136. The number of aliphatic hydroxyl groups is 1. The molecule has 2 heterocycles. The third kappa shape index (κ3) is 2.74. The molecule has 0 aliphatic carbocycles. The van der Waals surface area contributed by atoms with Crippen LogP contribution in [0.25, 0.3) is 0 Å². The topological polar surface area (TPSA) is 88.7 Å². The fourth-order valence-corrected chi connectivity index (χ4v) is 2.03. The molecule has 0 spiro atoms. The minimum Gasteiger partial charge on any atom is -0.394 e. The molecule has 0 amide bonds. The van der Waals surface area contributed by atoms with Crippen LogP contribution in [0.4, 0.5) is 11.5 Å². The number of hydrogen-bond acceptors (Lipinski definition) is 6. The molecule has 2 unspecified atom stereocenters. The second kappa shape index (κ2) is 5.28. The molecule has 1 aromatic rings. The van der Waals surface area contributed by atoms with Crippen molar-refractivity contribution >= 4 is 11.5 Å². The largest absolute Gasteiger partial charge is 0.394 e. The van der Waals surface area contributed by atoms with Gasteiger partial charge in [-0.25, -0.2) is 4.98 Å². The third-order valence-electron chi connectivity index (χ3n) is 2.79. The number of aromatic nitrogens is 1. The Bertz CT molecular complexity index is 440. The monoisotopic (exact) mass is 253 g/mol. The predicted octanol–water partition coefficient (Wildman–Crippen LogP) is 0.576. The van der Waals surface area contributed by atoms with Gasteiger partial charge >= 0.3 is 0 Å². The summed E-state index contributed by atoms with van der Waals surface area (Å²) in [5, 5.41) is 19.9. The molecule has 1 aliphatic heterocycles. The van der Waals surface area contributed by atoms with Crippen molar-refractivity contribution in [2.24, 2.45) is 0 Å². The molecule has 0 radical (unpaired) electrons. The summed E-state index contributed by atoms with van der Waals surface area (Å²) >= 11 is 0. The van der Waals surface area contributed by atoms with Gasteiger partial charge in [0.2, 0.25) is 0 Å². The van der Waals surface area contributed by atoms with Gasteiger partial charge in [0, 0.05) is 25.4 Å². The zero-order valence-electron chi connectivity index (χ0n) is 10.0. The number of rotatable bonds is 3. The number of nitro groups is 1. The average Bonchev–Trinajstić information content (AvgIpc) is 2.38. The highest BCUT2D eigenvalue weighted by molar-refractivity contribution is 5.47. The van der Waals surface area contributed by atoms with Gasteiger partial charge in [-0.05, 0) is 6.92 Å². The van der Waals surface area contributed by atoms with Crippen LogP contribution in [-0.4, -0.2) is 46.9 Å². The van der Waals surface area contributed by atoms with E-state index in [1.807, 2.05) is 11.8 Å². The molecule has 18 heavy (non-hydrogen) atoms. The normalized spacial score (nSPS) is 24.0. The molecule has 7 nitrogen and oxygen atoms in total. The number of nitrogens with zero attached hydrogens (tertiary/aromatic N) is 3. The lowest BCUT2D eigenvalue weighted by Gasteiger charge is -2.36. The molecule has 2 atom stereocenters. The summed E-state index contributed by atoms with van der Waals surface area (Å²) in [4.78, 5) is 16.3. The van der Waals surface area contributed by atoms with Gasteiger partial charge in [0.25, 0.3) is 5.69 Å². The van der Waals surface area contributed by atoms with Gasteiger partial charge in [-0.2, -0.15) is 0 Å². The van der Waals surface area contributed by atoms with Crippen molar-refractivity contribution in [3.05, 3.63) is 28.4 Å². The lowest BCUT2D eigenvalue weighted by Crippen LogP contribution is -2.48. The van der Waals surface area contributed by atoms with E-state index in [0.29, 0.717) is 18.9 Å². The second-order valence-corrected chi connectivity index (χ2v) is 4.29. The van der Waals surface area contributed by atoms with Crippen molar-refractivity contribution in [2.45, 2.75) is 19.1 Å². The molecule has 0 bridgehead atoms. The molecule has 1 fully saturated rings. The lowest BCUT2D eigenvalue weighted by molar-refractivity contribution is -0.384. The molecule has 1 aromatic heterocycles. The van der Waals surface area contributed by atoms with Crippen LogP contribution in [0.1, 0.15) is 6.92 Å². The summed E-state index contributed by atoms with van der Waals surface area (Å²) in [6, 6.07) is 2.80. The maximum atomic E-state index is 10.7. The van der Waals surface area contributed by atoms with Crippen molar-refractivity contribution in [1.82, 2.24) is 4.98 Å². The molecule has 1 N–H and O–H groups in total. The van der Waals surface area contributed by atoms with Gasteiger partial charge in [-0.15, -0.1) is 0 Å². The van der Waals surface area contributed by atoms with E-state index in [1.54, 1.807) is 0 Å². The maximum Gasteiger partial charge on any atom is 0.274 e. The van der Waals surface area contributed by atoms with E-state index in [4.69, 9.17) is 9.84 Å². The van der Waals surface area contributed by atoms with E-state index in [-0.39, 0.29) is 24.5 Å². The first-order valence-electron chi connectivity index (χ1n) is 5.72. The Morgan fingerprint density at radius 3 is 3.11 bits per heavy atom. The Morgan fingerprint density at radius 1 is 1.67 bits per heavy atom. The highest BCUT2D eigenvalue weighted by atomic mass is 16.6. The molecule has 0 saturated carbocycles. The Hall–Kier alpha value is -1.73. The predicted molar refractivity (Wildman–Crippen MR) is 64.5 cm³/mol. The molecule has 1 saturated heterocycles. The first kappa shape index (κ1) is 12.7. The number of anilines is 1. The SMILES string of the molecule is CC1CN(c2cc([N+](=O)[O-])ccn2)CC(CO)O1. The molecular weight excluding hydrogens is 238 g/mol. The van der Waals surface area contributed by atoms with E-state index in [9.17, 15) is 10.1 Å². The quantitative estimate of drug-likeness (QED) is 0.626. The van der Waals surface area contributed by atoms with E-state index in [1.165, 1.54) is 18.3 Å². The number of ether oxygens (including phenoxy) is 1. The smallest absolute Gasteiger partial charge is 0.274 e. The maximum absolute atomic E-state index is 10.7. The van der Waals surface area contributed by atoms with Crippen LogP contribution >= 0.6 is 0 Å². The number of pyridine rings is 1. The first-order chi connectivity index (χ1) is 8.60. The average molecular weight is 253 g/mol. The van der Waals surface area contributed by atoms with Gasteiger partial charge in [0.15, 0.2) is 0 Å². The van der Waals surface area contributed by atoms with Crippen LogP contribution in [0.15, 0.2) is 18.3 Å². The fourth-order valence-electron chi connectivity index (χ4n) is 2.03. The van der Waals surface area contributed by atoms with E-state index < -0.39 is 4.92 Å². The zero-order chi connectivity index (χ0) is 13.1. The van der Waals surface area contributed by atoms with Gasteiger partial charge in [0.1, 0.15) is 5.82 Å². The molecule has 2 rings (SSSR count). The molecule has 1 aliphatic rings. The first-order valence-corrected chi connectivity index (χ1v) is 5.72. The molecule has 98 valence electrons. The van der Waals surface area contributed by atoms with E-state index in [2.05, 4.69) is 4.98 Å². The summed E-state index contributed by atoms with van der Waals surface area (Å²) < 4.78 is 5.51. The van der Waals surface area contributed by atoms with Crippen molar-refractivity contribution in [3.8, 4) is 0 Å². The summed E-state index contributed by atoms with van der Waals surface area (Å²) in [5.74, 6) is 0.540. The Kier molecular flexibility index (Phi) is 3.73. The highest BCUT2D eigenvalue weighted by Crippen LogP contribution is 2.21. The van der Waals surface area contributed by atoms with Crippen molar-refractivity contribution in [1.29, 1.82) is 0 Å². The molecule has 0 aromatic carbocycles. The van der Waals surface area contributed by atoms with Crippen LogP contribution in [-0.2, 0) is 4.74 Å². The Balaban J connectivity index is 2.19. The van der Waals surface area contributed by atoms with Crippen molar-refractivity contribution < 1.29 is 14.8 Å². The Morgan fingerprint density at radius 2 is 2.44 bits per heavy atom. The third-order valence-corrected chi connectivity index (χ3v) is 2.79. The van der Waals surface area contributed by atoms with Crippen molar-refractivity contribution in [2.75, 3.05) is 24.6 Å². The zero-order valence-corrected chi connectivity index (χ0v) is 10.0. The lowest BCUT2D eigenvalue weighted by atomic mass is 10.2. The van der Waals surface area contributed by atoms with Crippen LogP contribution < -0.4 is 4.90 Å². The van der Waals surface area contributed by atoms with Gasteiger partial charge in [-0.1, -0.05) is 0 Å². The fraction of sp³-hybridized carbons (Fsp3) is 0.545. The summed E-state index contributed by atoms with van der Waals surface area (Å²) in [7, 11) is 0. The van der Waals surface area contributed by atoms with E-state index >= 15 is 0 Å². The van der Waals surface area contributed by atoms with Gasteiger partial charge < -0.3 is 14.7 Å². The van der Waals surface area contributed by atoms with Gasteiger partial charge in [-0.3, -0.25) is 10.1 Å². The van der Waals surface area contributed by atoms with Crippen molar-refractivity contribution in [3.63, 3.8) is 0 Å². The standard InChI is InChI=1S/C11H15N3O4/c1-8-5-13(6-10(7-15)18-8)11-4-9(14(16)17)2-3-12-11/h2-4,8,10,15H,5-7H2,1H3. The number of morpholine rings is 1. The number of aliphatic hydroxyl groups excluding tert-OH is 1. The summed E-state index contributed by atoms with van der Waals surface area (Å²) in [6.07, 6.45) is 1.09. The van der Waals surface area contributed by atoms with E-state index in [0.717, 1.165) is 0 Å². The highest BCUT2D eigenvalue weighted by Gasteiger charge is 2.26. The second-order valence-electron chi connectivity index (χ2n) is 4.29. The van der Waals surface area contributed by atoms with Crippen LogP contribution in [0.5, 0.6) is 0 Å². The Labute approximate surface area is 104 Å². The van der Waals surface area contributed by atoms with Crippen LogP contribution in [0, 0.1) is 10.1 Å². The van der Waals surface area contributed by atoms with Crippen LogP contribution in [0.3, 0.4) is 0 Å². The van der Waals surface area contributed by atoms with Gasteiger partial charge in [0.05, 0.1) is 29.8 Å². The molecule has 7 heteroatoms. The summed E-state index contributed by atoms with van der Waals surface area (Å²) in [6.45, 7) is 2.90. The number of hydrogen-bond donors (Lipinski definition) is 1. The minimum atomic E-state index is -0.446. The minimum absolute atomic E-state index is 0.0136.